The molecule has 2 aromatic carbocycles. The van der Waals surface area contributed by atoms with Gasteiger partial charge in [-0.2, -0.15) is 0 Å². The molecule has 0 aliphatic heterocycles. The number of rotatable bonds is 10. The monoisotopic (exact) mass is 494 g/mol. The second kappa shape index (κ2) is 11.8. The van der Waals surface area contributed by atoms with E-state index in [2.05, 4.69) is 17.2 Å². The number of carboxylic acids is 1. The van der Waals surface area contributed by atoms with Crippen molar-refractivity contribution in [1.29, 1.82) is 0 Å². The minimum Gasteiger partial charge on any atom is -0.481 e. The molecule has 2 N–H and O–H groups in total. The smallest absolute Gasteiger partial charge is 0.308 e. The maximum Gasteiger partial charge on any atom is 0.308 e. The van der Waals surface area contributed by atoms with E-state index in [9.17, 15) is 14.7 Å². The van der Waals surface area contributed by atoms with E-state index in [1.807, 2.05) is 62.3 Å². The van der Waals surface area contributed by atoms with Gasteiger partial charge in [0, 0.05) is 43.0 Å². The molecule has 7 nitrogen and oxygen atoms in total. The number of aliphatic carboxylic acids is 1. The summed E-state index contributed by atoms with van der Waals surface area (Å²) in [5.74, 6) is -0.515. The van der Waals surface area contributed by atoms with Gasteiger partial charge < -0.3 is 15.3 Å². The van der Waals surface area contributed by atoms with Crippen molar-refractivity contribution in [2.45, 2.75) is 45.4 Å². The lowest BCUT2D eigenvalue weighted by atomic mass is 9.96. The molecule has 1 amide bonds. The van der Waals surface area contributed by atoms with Crippen LogP contribution in [0.3, 0.4) is 0 Å². The number of benzene rings is 2. The third-order valence-electron chi connectivity index (χ3n) is 5.77. The van der Waals surface area contributed by atoms with Crippen molar-refractivity contribution in [3.05, 3.63) is 81.9 Å². The molecule has 3 aromatic rings. The van der Waals surface area contributed by atoms with Crippen LogP contribution in [0.15, 0.2) is 48.5 Å². The Labute approximate surface area is 211 Å². The van der Waals surface area contributed by atoms with Gasteiger partial charge in [0.15, 0.2) is 0 Å². The van der Waals surface area contributed by atoms with Gasteiger partial charge in [-0.3, -0.25) is 9.59 Å². The number of nitrogens with one attached hydrogen (secondary N) is 1. The van der Waals surface area contributed by atoms with E-state index < -0.39 is 5.97 Å². The summed E-state index contributed by atoms with van der Waals surface area (Å²) in [4.78, 5) is 34.9. The molecule has 0 aliphatic carbocycles. The van der Waals surface area contributed by atoms with Crippen molar-refractivity contribution in [2.75, 3.05) is 24.3 Å². The van der Waals surface area contributed by atoms with E-state index in [0.717, 1.165) is 24.1 Å². The van der Waals surface area contributed by atoms with Crippen molar-refractivity contribution < 1.29 is 14.7 Å². The molecule has 184 valence electrons. The zero-order valence-electron chi connectivity index (χ0n) is 20.5. The number of halogens is 1. The summed E-state index contributed by atoms with van der Waals surface area (Å²) in [6.45, 7) is 4.11. The Bertz CT molecular complexity index is 1180. The van der Waals surface area contributed by atoms with Gasteiger partial charge in [-0.15, -0.1) is 0 Å². The fourth-order valence-corrected chi connectivity index (χ4v) is 4.15. The molecule has 0 bridgehead atoms. The van der Waals surface area contributed by atoms with Crippen molar-refractivity contribution >= 4 is 34.9 Å². The second-order valence-corrected chi connectivity index (χ2v) is 9.18. The molecule has 0 spiro atoms. The molecular formula is C27H31ClN4O3. The Hall–Kier alpha value is -3.45. The third-order valence-corrected chi connectivity index (χ3v) is 6.08. The molecule has 0 radical (unpaired) electrons. The molecule has 8 heteroatoms. The Morgan fingerprint density at radius 3 is 2.29 bits per heavy atom. The quantitative estimate of drug-likeness (QED) is 0.358. The van der Waals surface area contributed by atoms with E-state index in [-0.39, 0.29) is 23.4 Å². The third kappa shape index (κ3) is 7.02. The summed E-state index contributed by atoms with van der Waals surface area (Å²) >= 11 is 6.39. The van der Waals surface area contributed by atoms with Crippen molar-refractivity contribution in [3.8, 4) is 0 Å². The van der Waals surface area contributed by atoms with Crippen LogP contribution < -0.4 is 10.2 Å². The first-order valence-corrected chi connectivity index (χ1v) is 12.0. The number of carbonyl (C=O) groups excluding carboxylic acids is 1. The molecule has 0 aliphatic rings. The number of hydrogen-bond acceptors (Lipinski definition) is 5. The van der Waals surface area contributed by atoms with Crippen LogP contribution in [0.1, 0.15) is 65.6 Å². The Morgan fingerprint density at radius 1 is 1.06 bits per heavy atom. The lowest BCUT2D eigenvalue weighted by Crippen LogP contribution is -2.13. The van der Waals surface area contributed by atoms with Gasteiger partial charge in [0.2, 0.25) is 0 Å². The Morgan fingerprint density at radius 2 is 1.71 bits per heavy atom. The number of nitrogens with zero attached hydrogens (tertiary/aromatic N) is 3. The fraction of sp³-hybridized carbons (Fsp3) is 0.333. The molecular weight excluding hydrogens is 464 g/mol. The van der Waals surface area contributed by atoms with Gasteiger partial charge in [-0.1, -0.05) is 44.0 Å². The number of amides is 1. The van der Waals surface area contributed by atoms with Crippen LogP contribution >= 0.6 is 11.6 Å². The second-order valence-electron chi connectivity index (χ2n) is 8.82. The van der Waals surface area contributed by atoms with Crippen LogP contribution in [0, 0.1) is 0 Å². The highest BCUT2D eigenvalue weighted by Crippen LogP contribution is 2.28. The number of aromatic nitrogens is 2. The molecule has 0 saturated heterocycles. The minimum atomic E-state index is -0.959. The van der Waals surface area contributed by atoms with Crippen LogP contribution in [0.5, 0.6) is 0 Å². The van der Waals surface area contributed by atoms with Gasteiger partial charge in [-0.05, 0) is 54.3 Å². The molecule has 35 heavy (non-hydrogen) atoms. The first kappa shape index (κ1) is 26.2. The number of carbonyl (C=O) groups is 2. The van der Waals surface area contributed by atoms with Crippen LogP contribution in [-0.2, 0) is 17.6 Å². The summed E-state index contributed by atoms with van der Waals surface area (Å²) in [6, 6.07) is 14.9. The lowest BCUT2D eigenvalue weighted by molar-refractivity contribution is -0.136. The van der Waals surface area contributed by atoms with E-state index in [0.29, 0.717) is 34.8 Å². The summed E-state index contributed by atoms with van der Waals surface area (Å²) in [7, 11) is 3.90. The van der Waals surface area contributed by atoms with Gasteiger partial charge in [0.25, 0.3) is 5.91 Å². The normalized spacial score (nSPS) is 11.7. The molecule has 1 unspecified atom stereocenters. The molecule has 1 heterocycles. The lowest BCUT2D eigenvalue weighted by Gasteiger charge is -2.16. The van der Waals surface area contributed by atoms with E-state index in [4.69, 9.17) is 16.6 Å². The Balaban J connectivity index is 1.74. The maximum atomic E-state index is 12.6. The zero-order valence-corrected chi connectivity index (χ0v) is 21.3. The predicted octanol–water partition coefficient (Wildman–Crippen LogP) is 5.57. The predicted molar refractivity (Wildman–Crippen MR) is 140 cm³/mol. The summed E-state index contributed by atoms with van der Waals surface area (Å²) in [5, 5.41) is 12.4. The van der Waals surface area contributed by atoms with E-state index in [1.165, 1.54) is 0 Å². The summed E-state index contributed by atoms with van der Waals surface area (Å²) in [6.07, 6.45) is 2.08. The minimum absolute atomic E-state index is 0.0815. The van der Waals surface area contributed by atoms with Crippen molar-refractivity contribution in [1.82, 2.24) is 9.97 Å². The standard InChI is InChI=1S/C27H31ClN4O3/c1-5-6-17(2)25-22(16-24(33)34)26(28)31-23(30-25)15-18-7-11-20(12-8-18)29-27(35)19-9-13-21(14-10-19)32(3)4/h7-14,17H,5-6,15-16H2,1-4H3,(H,29,35)(H,33,34). The molecule has 3 rings (SSSR count). The van der Waals surface area contributed by atoms with Crippen molar-refractivity contribution in [2.24, 2.45) is 0 Å². The van der Waals surface area contributed by atoms with Gasteiger partial charge >= 0.3 is 5.97 Å². The number of anilines is 2. The fourth-order valence-electron chi connectivity index (χ4n) is 3.89. The van der Waals surface area contributed by atoms with Gasteiger partial charge in [0.05, 0.1) is 12.1 Å². The highest BCUT2D eigenvalue weighted by Gasteiger charge is 2.20. The first-order chi connectivity index (χ1) is 16.7. The highest BCUT2D eigenvalue weighted by molar-refractivity contribution is 6.30. The number of hydrogen-bond donors (Lipinski definition) is 2. The average Bonchev–Trinajstić information content (AvgIpc) is 2.81. The molecule has 1 atom stereocenters. The SMILES string of the molecule is CCCC(C)c1nc(Cc2ccc(NC(=O)c3ccc(N(C)C)cc3)cc2)nc(Cl)c1CC(=O)O. The molecule has 1 aromatic heterocycles. The largest absolute Gasteiger partial charge is 0.481 e. The van der Waals surface area contributed by atoms with E-state index in [1.54, 1.807) is 12.1 Å². The van der Waals surface area contributed by atoms with Gasteiger partial charge in [0.1, 0.15) is 11.0 Å². The molecule has 0 saturated carbocycles. The van der Waals surface area contributed by atoms with Crippen LogP contribution in [0.2, 0.25) is 5.15 Å². The summed E-state index contributed by atoms with van der Waals surface area (Å²) < 4.78 is 0. The first-order valence-electron chi connectivity index (χ1n) is 11.6. The van der Waals surface area contributed by atoms with Crippen molar-refractivity contribution in [3.63, 3.8) is 0 Å². The van der Waals surface area contributed by atoms with Crippen LogP contribution in [0.25, 0.3) is 0 Å². The van der Waals surface area contributed by atoms with E-state index >= 15 is 0 Å². The zero-order chi connectivity index (χ0) is 25.5. The Kier molecular flexibility index (Phi) is 8.82. The summed E-state index contributed by atoms with van der Waals surface area (Å²) in [5.41, 5.74) is 4.43. The number of carboxylic acid groups (broad SMARTS) is 1. The highest BCUT2D eigenvalue weighted by atomic mass is 35.5. The van der Waals surface area contributed by atoms with Gasteiger partial charge in [-0.25, -0.2) is 9.97 Å². The molecule has 0 fully saturated rings. The van der Waals surface area contributed by atoms with Crippen LogP contribution in [-0.4, -0.2) is 41.0 Å². The average molecular weight is 495 g/mol. The van der Waals surface area contributed by atoms with Crippen LogP contribution in [0.4, 0.5) is 11.4 Å². The topological polar surface area (TPSA) is 95.4 Å². The maximum absolute atomic E-state index is 12.6.